The minimum atomic E-state index is -0.336. The highest BCUT2D eigenvalue weighted by Gasteiger charge is 2.13. The second-order valence-electron chi connectivity index (χ2n) is 3.22. The largest absolute Gasteiger partial charge is 0.349 e. The van der Waals surface area contributed by atoms with E-state index < -0.39 is 0 Å². The summed E-state index contributed by atoms with van der Waals surface area (Å²) in [6, 6.07) is 0. The third kappa shape index (κ3) is 2.40. The number of carbonyl (C=O) groups is 1. The first-order chi connectivity index (χ1) is 7.77. The first-order valence-electron chi connectivity index (χ1n) is 4.68. The SMILES string of the molecule is CC(CNC(=O)c1nn[nH]n1)c1nccs1. The molecule has 0 spiro atoms. The molecule has 2 rings (SSSR count). The van der Waals surface area contributed by atoms with E-state index in [9.17, 15) is 4.79 Å². The van der Waals surface area contributed by atoms with Gasteiger partial charge in [-0.3, -0.25) is 4.79 Å². The Bertz CT molecular complexity index is 439. The van der Waals surface area contributed by atoms with E-state index in [0.29, 0.717) is 6.54 Å². The van der Waals surface area contributed by atoms with E-state index in [1.165, 1.54) is 0 Å². The average Bonchev–Trinajstić information content (AvgIpc) is 2.95. The second kappa shape index (κ2) is 4.79. The van der Waals surface area contributed by atoms with Gasteiger partial charge in [-0.15, -0.1) is 21.5 Å². The number of aromatic amines is 1. The summed E-state index contributed by atoms with van der Waals surface area (Å²) in [6.45, 7) is 2.50. The van der Waals surface area contributed by atoms with Crippen LogP contribution >= 0.6 is 11.3 Å². The Balaban J connectivity index is 1.86. The van der Waals surface area contributed by atoms with Crippen LogP contribution in [0.15, 0.2) is 11.6 Å². The lowest BCUT2D eigenvalue weighted by molar-refractivity contribution is 0.0941. The Morgan fingerprint density at radius 3 is 3.19 bits per heavy atom. The summed E-state index contributed by atoms with van der Waals surface area (Å²) in [6.07, 6.45) is 1.75. The molecule has 2 aromatic heterocycles. The molecule has 0 aliphatic heterocycles. The topological polar surface area (TPSA) is 96.5 Å². The van der Waals surface area contributed by atoms with Gasteiger partial charge in [0.2, 0.25) is 0 Å². The molecule has 0 saturated carbocycles. The van der Waals surface area contributed by atoms with Crippen molar-refractivity contribution in [3.63, 3.8) is 0 Å². The van der Waals surface area contributed by atoms with E-state index in [1.807, 2.05) is 12.3 Å². The van der Waals surface area contributed by atoms with Gasteiger partial charge in [0.1, 0.15) is 0 Å². The van der Waals surface area contributed by atoms with Crippen molar-refractivity contribution in [3.8, 4) is 0 Å². The molecule has 1 unspecified atom stereocenters. The van der Waals surface area contributed by atoms with Crippen LogP contribution in [0.2, 0.25) is 0 Å². The molecule has 2 heterocycles. The summed E-state index contributed by atoms with van der Waals surface area (Å²) in [5.41, 5.74) is 0. The number of tetrazole rings is 1. The predicted octanol–water partition coefficient (Wildman–Crippen LogP) is 0.190. The van der Waals surface area contributed by atoms with Crippen LogP contribution in [0.25, 0.3) is 0 Å². The third-order valence-corrected chi connectivity index (χ3v) is 3.00. The maximum absolute atomic E-state index is 11.5. The van der Waals surface area contributed by atoms with Crippen LogP contribution in [-0.2, 0) is 0 Å². The molecule has 2 aromatic rings. The predicted molar refractivity (Wildman–Crippen MR) is 57.0 cm³/mol. The van der Waals surface area contributed by atoms with Gasteiger partial charge in [0.05, 0.1) is 5.01 Å². The number of rotatable bonds is 4. The Hall–Kier alpha value is -1.83. The number of hydrogen-bond acceptors (Lipinski definition) is 6. The van der Waals surface area contributed by atoms with E-state index in [4.69, 9.17) is 0 Å². The van der Waals surface area contributed by atoms with E-state index in [1.54, 1.807) is 17.5 Å². The minimum absolute atomic E-state index is 0.0475. The fraction of sp³-hybridized carbons (Fsp3) is 0.375. The van der Waals surface area contributed by atoms with Gasteiger partial charge >= 0.3 is 0 Å². The van der Waals surface area contributed by atoms with Crippen molar-refractivity contribution in [1.29, 1.82) is 0 Å². The molecular weight excluding hydrogens is 228 g/mol. The molecule has 0 saturated heterocycles. The van der Waals surface area contributed by atoms with Crippen LogP contribution in [0.3, 0.4) is 0 Å². The van der Waals surface area contributed by atoms with E-state index >= 15 is 0 Å². The zero-order chi connectivity index (χ0) is 11.4. The molecule has 2 N–H and O–H groups in total. The van der Waals surface area contributed by atoms with Crippen LogP contribution < -0.4 is 5.32 Å². The summed E-state index contributed by atoms with van der Waals surface area (Å²) in [7, 11) is 0. The summed E-state index contributed by atoms with van der Waals surface area (Å²) < 4.78 is 0. The highest BCUT2D eigenvalue weighted by atomic mass is 32.1. The van der Waals surface area contributed by atoms with E-state index in [2.05, 4.69) is 30.9 Å². The quantitative estimate of drug-likeness (QED) is 0.792. The van der Waals surface area contributed by atoms with Crippen molar-refractivity contribution in [1.82, 2.24) is 30.9 Å². The van der Waals surface area contributed by atoms with Crippen molar-refractivity contribution in [2.24, 2.45) is 0 Å². The van der Waals surface area contributed by atoms with Crippen LogP contribution in [-0.4, -0.2) is 38.1 Å². The average molecular weight is 238 g/mol. The summed E-state index contributed by atoms with van der Waals surface area (Å²) >= 11 is 1.57. The minimum Gasteiger partial charge on any atom is -0.349 e. The van der Waals surface area contributed by atoms with Crippen molar-refractivity contribution < 1.29 is 4.79 Å². The molecule has 7 nitrogen and oxygen atoms in total. The summed E-state index contributed by atoms with van der Waals surface area (Å²) in [5.74, 6) is -0.112. The zero-order valence-electron chi connectivity index (χ0n) is 8.54. The molecule has 16 heavy (non-hydrogen) atoms. The molecule has 0 radical (unpaired) electrons. The van der Waals surface area contributed by atoms with Crippen LogP contribution in [0.5, 0.6) is 0 Å². The Kier molecular flexibility index (Phi) is 3.20. The third-order valence-electron chi connectivity index (χ3n) is 1.99. The van der Waals surface area contributed by atoms with Gasteiger partial charge in [0, 0.05) is 24.0 Å². The summed E-state index contributed by atoms with van der Waals surface area (Å²) in [4.78, 5) is 15.6. The van der Waals surface area contributed by atoms with Gasteiger partial charge in [-0.25, -0.2) is 4.98 Å². The lowest BCUT2D eigenvalue weighted by Crippen LogP contribution is -2.28. The van der Waals surface area contributed by atoms with Gasteiger partial charge in [0.25, 0.3) is 11.7 Å². The number of aromatic nitrogens is 5. The molecular formula is C8H10N6OS. The fourth-order valence-electron chi connectivity index (χ4n) is 1.15. The van der Waals surface area contributed by atoms with Gasteiger partial charge in [-0.2, -0.15) is 5.21 Å². The standard InChI is InChI=1S/C8H10N6OS/c1-5(8-9-2-3-16-8)4-10-7(15)6-11-13-14-12-6/h2-3,5H,4H2,1H3,(H,10,15)(H,11,12,13,14). The highest BCUT2D eigenvalue weighted by molar-refractivity contribution is 7.09. The Morgan fingerprint density at radius 2 is 2.56 bits per heavy atom. The van der Waals surface area contributed by atoms with E-state index in [0.717, 1.165) is 5.01 Å². The zero-order valence-corrected chi connectivity index (χ0v) is 9.36. The lowest BCUT2D eigenvalue weighted by Gasteiger charge is -2.08. The van der Waals surface area contributed by atoms with Gasteiger partial charge < -0.3 is 5.32 Å². The summed E-state index contributed by atoms with van der Waals surface area (Å²) in [5, 5.41) is 18.3. The maximum Gasteiger partial charge on any atom is 0.292 e. The van der Waals surface area contributed by atoms with Crippen LogP contribution in [0.1, 0.15) is 28.5 Å². The lowest BCUT2D eigenvalue weighted by atomic mass is 10.2. The molecule has 0 bridgehead atoms. The van der Waals surface area contributed by atoms with Gasteiger partial charge in [-0.05, 0) is 5.21 Å². The number of amides is 1. The van der Waals surface area contributed by atoms with Crippen molar-refractivity contribution in [3.05, 3.63) is 22.4 Å². The number of nitrogens with one attached hydrogen (secondary N) is 2. The Morgan fingerprint density at radius 1 is 1.69 bits per heavy atom. The van der Waals surface area contributed by atoms with Crippen LogP contribution in [0.4, 0.5) is 0 Å². The van der Waals surface area contributed by atoms with Crippen molar-refractivity contribution >= 4 is 17.2 Å². The molecule has 84 valence electrons. The normalized spacial score (nSPS) is 12.3. The molecule has 0 aliphatic carbocycles. The second-order valence-corrected chi connectivity index (χ2v) is 4.14. The molecule has 0 aromatic carbocycles. The highest BCUT2D eigenvalue weighted by Crippen LogP contribution is 2.16. The molecule has 0 aliphatic rings. The number of thiazole rings is 1. The molecule has 1 amide bonds. The number of nitrogens with zero attached hydrogens (tertiary/aromatic N) is 4. The van der Waals surface area contributed by atoms with E-state index in [-0.39, 0.29) is 17.6 Å². The number of carbonyl (C=O) groups excluding carboxylic acids is 1. The van der Waals surface area contributed by atoms with Gasteiger partial charge in [-0.1, -0.05) is 6.92 Å². The van der Waals surface area contributed by atoms with Crippen molar-refractivity contribution in [2.45, 2.75) is 12.8 Å². The van der Waals surface area contributed by atoms with Crippen molar-refractivity contribution in [2.75, 3.05) is 6.54 Å². The number of hydrogen-bond donors (Lipinski definition) is 2. The fourth-order valence-corrected chi connectivity index (χ4v) is 1.85. The van der Waals surface area contributed by atoms with Gasteiger partial charge in [0.15, 0.2) is 0 Å². The van der Waals surface area contributed by atoms with Crippen LogP contribution in [0, 0.1) is 0 Å². The smallest absolute Gasteiger partial charge is 0.292 e. The molecule has 0 fully saturated rings. The molecule has 8 heteroatoms. The molecule has 1 atom stereocenters. The first-order valence-corrected chi connectivity index (χ1v) is 5.56. The number of H-pyrrole nitrogens is 1. The Labute approximate surface area is 95.3 Å². The maximum atomic E-state index is 11.5. The monoisotopic (exact) mass is 238 g/mol. The first kappa shape index (κ1) is 10.7.